The predicted octanol–water partition coefficient (Wildman–Crippen LogP) is -2.29. The molecule has 13 atom stereocenters. The number of aliphatic hydroxyl groups excluding tert-OH is 3. The SMILES string of the molecule is NC1CC(N)[C@@H](O[C@H]2OC(C3(N)CC3)CC[C@H]2N)C(OC2CCC(CO)O2)C1.NC[C@@H]1O[C@H](OF)CC(O)[C@@H]1O. The zero-order valence-electron chi connectivity index (χ0n) is 22.8. The number of halogens is 1. The third-order valence-corrected chi connectivity index (χ3v) is 8.53. The van der Waals surface area contributed by atoms with E-state index in [-0.39, 0.29) is 73.9 Å². The topological polar surface area (TPSA) is 246 Å². The van der Waals surface area contributed by atoms with Crippen LogP contribution in [0.2, 0.25) is 0 Å². The van der Waals surface area contributed by atoms with Crippen LogP contribution in [-0.4, -0.2) is 114 Å². The second-order valence-electron chi connectivity index (χ2n) is 11.8. The van der Waals surface area contributed by atoms with Gasteiger partial charge in [0.15, 0.2) is 18.9 Å². The summed E-state index contributed by atoms with van der Waals surface area (Å²) >= 11 is 0. The van der Waals surface area contributed by atoms with Crippen molar-refractivity contribution in [1.29, 1.82) is 0 Å². The lowest BCUT2D eigenvalue weighted by Gasteiger charge is -2.44. The van der Waals surface area contributed by atoms with Gasteiger partial charge in [0.2, 0.25) is 0 Å². The molecular formula is C25H48FN5O9. The average molecular weight is 582 g/mol. The number of hydrogen-bond acceptors (Lipinski definition) is 14. The predicted molar refractivity (Wildman–Crippen MR) is 138 cm³/mol. The van der Waals surface area contributed by atoms with E-state index in [0.29, 0.717) is 12.8 Å². The van der Waals surface area contributed by atoms with E-state index in [1.807, 2.05) is 0 Å². The molecular weight excluding hydrogens is 533 g/mol. The molecule has 7 unspecified atom stereocenters. The number of hydrogen-bond donors (Lipinski definition) is 8. The molecule has 234 valence electrons. The second-order valence-corrected chi connectivity index (χ2v) is 11.8. The lowest BCUT2D eigenvalue weighted by Crippen LogP contribution is -2.60. The Morgan fingerprint density at radius 2 is 1.62 bits per heavy atom. The highest BCUT2D eigenvalue weighted by atomic mass is 19.3. The number of nitrogens with two attached hydrogens (primary N) is 5. The van der Waals surface area contributed by atoms with Crippen LogP contribution in [0, 0.1) is 0 Å². The normalized spacial score (nSPS) is 46.9. The molecule has 2 saturated carbocycles. The molecule has 3 aliphatic heterocycles. The van der Waals surface area contributed by atoms with Crippen LogP contribution >= 0.6 is 0 Å². The van der Waals surface area contributed by atoms with Gasteiger partial charge in [-0.25, -0.2) is 0 Å². The van der Waals surface area contributed by atoms with Crippen molar-refractivity contribution in [1.82, 2.24) is 0 Å². The first-order valence-corrected chi connectivity index (χ1v) is 14.3. The quantitative estimate of drug-likeness (QED) is 0.150. The minimum absolute atomic E-state index is 0.00349. The fourth-order valence-corrected chi connectivity index (χ4v) is 5.87. The molecule has 3 saturated heterocycles. The average Bonchev–Trinajstić information content (AvgIpc) is 3.52. The maximum Gasteiger partial charge on any atom is 0.199 e. The Hall–Kier alpha value is -0.630. The van der Waals surface area contributed by atoms with Gasteiger partial charge in [0, 0.05) is 37.0 Å². The van der Waals surface area contributed by atoms with Crippen molar-refractivity contribution < 1.29 is 48.5 Å². The van der Waals surface area contributed by atoms with Crippen molar-refractivity contribution in [2.75, 3.05) is 13.2 Å². The Morgan fingerprint density at radius 3 is 2.25 bits per heavy atom. The molecule has 5 fully saturated rings. The summed E-state index contributed by atoms with van der Waals surface area (Å²) in [7, 11) is 0. The summed E-state index contributed by atoms with van der Waals surface area (Å²) in [6, 6.07) is -0.543. The maximum absolute atomic E-state index is 11.6. The summed E-state index contributed by atoms with van der Waals surface area (Å²) < 4.78 is 40.9. The highest BCUT2D eigenvalue weighted by molar-refractivity contribution is 5.07. The van der Waals surface area contributed by atoms with Crippen molar-refractivity contribution in [2.24, 2.45) is 28.7 Å². The summed E-state index contributed by atoms with van der Waals surface area (Å²) in [5.41, 5.74) is 30.2. The van der Waals surface area contributed by atoms with Crippen molar-refractivity contribution in [3.8, 4) is 0 Å². The first kappa shape index (κ1) is 32.3. The van der Waals surface area contributed by atoms with Gasteiger partial charge >= 0.3 is 0 Å². The number of aliphatic hydroxyl groups is 3. The number of rotatable bonds is 8. The molecule has 15 heteroatoms. The Bertz CT molecular complexity index is 789. The molecule has 5 aliphatic rings. The second kappa shape index (κ2) is 14.2. The largest absolute Gasteiger partial charge is 0.394 e. The highest BCUT2D eigenvalue weighted by Gasteiger charge is 2.51. The molecule has 0 spiro atoms. The van der Waals surface area contributed by atoms with Gasteiger partial charge in [-0.15, -0.1) is 0 Å². The van der Waals surface area contributed by atoms with Crippen LogP contribution in [0.15, 0.2) is 0 Å². The van der Waals surface area contributed by atoms with Gasteiger partial charge in [0.05, 0.1) is 37.1 Å². The molecule has 2 aliphatic carbocycles. The fraction of sp³-hybridized carbons (Fsp3) is 1.00. The standard InChI is InChI=1S/C19H36N4O5.C6H12FNO4/c20-10-7-13(22)17(14(8-10)26-16-4-1-11(9-24)25-16)28-18-12(21)2-3-15(27-18)19(23)5-6-19;7-12-5-1-3(9)6(10)4(2-8)11-5/h10-18,24H,1-9,20-23H2;3-6,9-10H,1-2,8H2/t10?,11?,12-,13?,14?,15?,16?,17-,18-;3?,4-,5+,6-/m10/s1. The lowest BCUT2D eigenvalue weighted by atomic mass is 9.86. The van der Waals surface area contributed by atoms with Crippen LogP contribution in [0.5, 0.6) is 0 Å². The highest BCUT2D eigenvalue weighted by Crippen LogP contribution is 2.42. The van der Waals surface area contributed by atoms with Gasteiger partial charge < -0.3 is 67.7 Å². The van der Waals surface area contributed by atoms with Gasteiger partial charge in [-0.3, -0.25) is 0 Å². The molecule has 13 N–H and O–H groups in total. The number of ether oxygens (including phenoxy) is 5. The van der Waals surface area contributed by atoms with E-state index in [9.17, 15) is 14.7 Å². The molecule has 0 aromatic carbocycles. The van der Waals surface area contributed by atoms with Crippen molar-refractivity contribution in [3.05, 3.63) is 0 Å². The third kappa shape index (κ3) is 8.05. The minimum Gasteiger partial charge on any atom is -0.394 e. The molecule has 0 radical (unpaired) electrons. The zero-order valence-corrected chi connectivity index (χ0v) is 22.8. The summed E-state index contributed by atoms with van der Waals surface area (Å²) in [5.74, 6) is 0. The van der Waals surface area contributed by atoms with Gasteiger partial charge in [0.25, 0.3) is 0 Å². The Balaban J connectivity index is 0.000000259. The molecule has 14 nitrogen and oxygen atoms in total. The van der Waals surface area contributed by atoms with E-state index < -0.39 is 30.9 Å². The monoisotopic (exact) mass is 581 g/mol. The Morgan fingerprint density at radius 1 is 0.875 bits per heavy atom. The smallest absolute Gasteiger partial charge is 0.199 e. The van der Waals surface area contributed by atoms with E-state index in [4.69, 9.17) is 57.5 Å². The molecule has 3 heterocycles. The van der Waals surface area contributed by atoms with Gasteiger partial charge in [-0.2, -0.15) is 4.94 Å². The molecule has 0 bridgehead atoms. The van der Waals surface area contributed by atoms with Crippen molar-refractivity contribution in [2.45, 2.75) is 143 Å². The summed E-state index contributed by atoms with van der Waals surface area (Å²) in [4.78, 5) is 3.39. The molecule has 0 aromatic heterocycles. The lowest BCUT2D eigenvalue weighted by molar-refractivity contribution is -0.324. The van der Waals surface area contributed by atoms with Crippen molar-refractivity contribution >= 4 is 0 Å². The fourth-order valence-electron chi connectivity index (χ4n) is 5.87. The van der Waals surface area contributed by atoms with Crippen LogP contribution in [0.25, 0.3) is 0 Å². The summed E-state index contributed by atoms with van der Waals surface area (Å²) in [6.45, 7) is 0.00850. The van der Waals surface area contributed by atoms with Crippen LogP contribution in [-0.2, 0) is 28.6 Å². The molecule has 5 rings (SSSR count). The Labute approximate surface area is 233 Å². The van der Waals surface area contributed by atoms with Crippen molar-refractivity contribution in [3.63, 3.8) is 0 Å². The molecule has 0 amide bonds. The van der Waals surface area contributed by atoms with Gasteiger partial charge in [0.1, 0.15) is 18.3 Å². The third-order valence-electron chi connectivity index (χ3n) is 8.53. The van der Waals surface area contributed by atoms with E-state index in [1.165, 1.54) is 0 Å². The zero-order chi connectivity index (χ0) is 29.0. The van der Waals surface area contributed by atoms with E-state index in [1.54, 1.807) is 0 Å². The van der Waals surface area contributed by atoms with E-state index in [2.05, 4.69) is 4.94 Å². The summed E-state index contributed by atoms with van der Waals surface area (Å²) in [5, 5.41) is 27.6. The van der Waals surface area contributed by atoms with Crippen LogP contribution in [0.4, 0.5) is 4.53 Å². The molecule has 40 heavy (non-hydrogen) atoms. The van der Waals surface area contributed by atoms with Crippen LogP contribution in [0.1, 0.15) is 57.8 Å². The first-order valence-electron chi connectivity index (χ1n) is 14.3. The maximum atomic E-state index is 11.6. The van der Waals surface area contributed by atoms with Gasteiger partial charge in [-0.1, -0.05) is 0 Å². The van der Waals surface area contributed by atoms with Crippen LogP contribution < -0.4 is 28.7 Å². The summed E-state index contributed by atoms with van der Waals surface area (Å²) in [6.07, 6.45) is 0.515. The van der Waals surface area contributed by atoms with Gasteiger partial charge in [-0.05, 0) is 49.5 Å². The van der Waals surface area contributed by atoms with E-state index >= 15 is 0 Å². The molecule has 0 aromatic rings. The van der Waals surface area contributed by atoms with E-state index in [0.717, 1.165) is 38.5 Å². The minimum atomic E-state index is -1.13. The Kier molecular flexibility index (Phi) is 11.5. The first-order chi connectivity index (χ1) is 19.1. The van der Waals surface area contributed by atoms with Crippen LogP contribution in [0.3, 0.4) is 0 Å².